The Hall–Kier alpha value is -2.06. The van der Waals surface area contributed by atoms with Crippen LogP contribution < -0.4 is 9.62 Å². The molecule has 2 aromatic rings. The van der Waals surface area contributed by atoms with Crippen LogP contribution >= 0.6 is 11.8 Å². The molecule has 8 heteroatoms. The lowest BCUT2D eigenvalue weighted by molar-refractivity contribution is -0.116. The molecule has 0 saturated carbocycles. The smallest absolute Gasteiger partial charge is 0.261 e. The molecule has 1 N–H and O–H groups in total. The molecule has 1 amide bonds. The van der Waals surface area contributed by atoms with Gasteiger partial charge < -0.3 is 4.90 Å². The number of hydrogen-bond acceptors (Lipinski definition) is 4. The molecule has 138 valence electrons. The van der Waals surface area contributed by atoms with Crippen molar-refractivity contribution in [3.8, 4) is 0 Å². The Kier molecular flexibility index (Phi) is 4.98. The molecule has 0 radical (unpaired) electrons. The largest absolute Gasteiger partial charge is 0.310 e. The van der Waals surface area contributed by atoms with Crippen molar-refractivity contribution in [2.45, 2.75) is 35.8 Å². The molecule has 0 aromatic heterocycles. The molecule has 1 aliphatic heterocycles. The summed E-state index contributed by atoms with van der Waals surface area (Å²) >= 11 is 1.60. The van der Waals surface area contributed by atoms with Crippen LogP contribution in [0.4, 0.5) is 15.8 Å². The molecule has 0 aliphatic carbocycles. The number of halogens is 1. The highest BCUT2D eigenvalue weighted by atomic mass is 32.2. The summed E-state index contributed by atoms with van der Waals surface area (Å²) in [6.45, 7) is 5.60. The van der Waals surface area contributed by atoms with E-state index in [1.54, 1.807) is 29.7 Å². The minimum atomic E-state index is -3.90. The van der Waals surface area contributed by atoms with Gasteiger partial charge in [0.25, 0.3) is 10.0 Å². The maximum Gasteiger partial charge on any atom is 0.261 e. The summed E-state index contributed by atoms with van der Waals surface area (Å²) in [6.07, 6.45) is 0. The van der Waals surface area contributed by atoms with Crippen LogP contribution in [0.15, 0.2) is 46.2 Å². The number of nitrogens with zero attached hydrogens (tertiary/aromatic N) is 1. The first-order valence-electron chi connectivity index (χ1n) is 8.05. The quantitative estimate of drug-likeness (QED) is 0.860. The minimum absolute atomic E-state index is 0.0265. The number of fused-ring (bicyclic) bond motifs is 1. The summed E-state index contributed by atoms with van der Waals surface area (Å²) in [7, 11) is -3.90. The zero-order chi connectivity index (χ0) is 19.1. The van der Waals surface area contributed by atoms with Crippen LogP contribution in [0.5, 0.6) is 0 Å². The third-order valence-electron chi connectivity index (χ3n) is 4.10. The van der Waals surface area contributed by atoms with Crippen LogP contribution in [0.25, 0.3) is 0 Å². The third kappa shape index (κ3) is 3.71. The number of aryl methyl sites for hydroxylation is 1. The fourth-order valence-corrected chi connectivity index (χ4v) is 4.92. The van der Waals surface area contributed by atoms with Crippen LogP contribution in [0.2, 0.25) is 0 Å². The maximum atomic E-state index is 13.7. The molecule has 1 unspecified atom stereocenters. The topological polar surface area (TPSA) is 66.5 Å². The van der Waals surface area contributed by atoms with Crippen molar-refractivity contribution in [2.24, 2.45) is 0 Å². The fraction of sp³-hybridized carbons (Fsp3) is 0.278. The Labute approximate surface area is 156 Å². The van der Waals surface area contributed by atoms with Gasteiger partial charge in [-0.15, -0.1) is 11.8 Å². The first-order valence-corrected chi connectivity index (χ1v) is 10.4. The van der Waals surface area contributed by atoms with Gasteiger partial charge >= 0.3 is 0 Å². The van der Waals surface area contributed by atoms with Gasteiger partial charge in [-0.2, -0.15) is 0 Å². The Morgan fingerprint density at radius 3 is 2.65 bits per heavy atom. The molecule has 3 rings (SSSR count). The van der Waals surface area contributed by atoms with Crippen molar-refractivity contribution in [3.63, 3.8) is 0 Å². The van der Waals surface area contributed by atoms with Gasteiger partial charge in [-0.25, -0.2) is 12.8 Å². The van der Waals surface area contributed by atoms with Gasteiger partial charge in [0.1, 0.15) is 5.82 Å². The van der Waals surface area contributed by atoms with Crippen molar-refractivity contribution in [1.29, 1.82) is 0 Å². The van der Waals surface area contributed by atoms with E-state index in [9.17, 15) is 17.6 Å². The van der Waals surface area contributed by atoms with Gasteiger partial charge in [-0.3, -0.25) is 9.52 Å². The van der Waals surface area contributed by atoms with Gasteiger partial charge in [0, 0.05) is 23.6 Å². The molecule has 2 aromatic carbocycles. The first-order chi connectivity index (χ1) is 12.2. The average molecular weight is 394 g/mol. The zero-order valence-electron chi connectivity index (χ0n) is 14.6. The van der Waals surface area contributed by atoms with Crippen molar-refractivity contribution in [3.05, 3.63) is 47.8 Å². The molecule has 1 atom stereocenters. The van der Waals surface area contributed by atoms with Crippen molar-refractivity contribution in [2.75, 3.05) is 16.2 Å². The van der Waals surface area contributed by atoms with E-state index in [1.807, 2.05) is 6.92 Å². The second-order valence-corrected chi connectivity index (χ2v) is 9.42. The summed E-state index contributed by atoms with van der Waals surface area (Å²) in [5.74, 6) is -0.620. The number of benzene rings is 2. The van der Waals surface area contributed by atoms with Gasteiger partial charge in [0.2, 0.25) is 5.91 Å². The minimum Gasteiger partial charge on any atom is -0.310 e. The van der Waals surface area contributed by atoms with E-state index in [1.165, 1.54) is 31.2 Å². The second kappa shape index (κ2) is 6.92. The van der Waals surface area contributed by atoms with E-state index in [0.717, 1.165) is 11.0 Å². The number of anilines is 2. The van der Waals surface area contributed by atoms with Gasteiger partial charge in [-0.1, -0.05) is 13.0 Å². The molecular formula is C18H19FN2O3S2. The predicted octanol–water partition coefficient (Wildman–Crippen LogP) is 3.78. The molecule has 1 aliphatic rings. The summed E-state index contributed by atoms with van der Waals surface area (Å²) < 4.78 is 41.4. The molecule has 1 heterocycles. The fourth-order valence-electron chi connectivity index (χ4n) is 2.75. The number of amides is 1. The van der Waals surface area contributed by atoms with Gasteiger partial charge in [0.15, 0.2) is 0 Å². The number of thioether (sulfide) groups is 1. The Bertz CT molecular complexity index is 976. The summed E-state index contributed by atoms with van der Waals surface area (Å²) in [5, 5.41) is 0.225. The third-order valence-corrected chi connectivity index (χ3v) is 6.63. The van der Waals surface area contributed by atoms with E-state index >= 15 is 0 Å². The second-order valence-electron chi connectivity index (χ2n) is 6.26. The molecule has 0 fully saturated rings. The van der Waals surface area contributed by atoms with Crippen LogP contribution in [0.3, 0.4) is 0 Å². The molecule has 5 nitrogen and oxygen atoms in total. The van der Waals surface area contributed by atoms with Gasteiger partial charge in [0.05, 0.1) is 16.3 Å². The van der Waals surface area contributed by atoms with E-state index in [-0.39, 0.29) is 21.7 Å². The summed E-state index contributed by atoms with van der Waals surface area (Å²) in [4.78, 5) is 14.4. The normalized spacial score (nSPS) is 16.9. The van der Waals surface area contributed by atoms with Crippen LogP contribution in [0, 0.1) is 12.7 Å². The lowest BCUT2D eigenvalue weighted by atomic mass is 10.2. The standard InChI is InChI=1S/C18H19FN2O3S2/c1-11-4-5-14(8-16(11)19)20-26(23,24)15-6-7-18-17(9-15)21(13(3)22)10-12(2)25-18/h4-9,12,20H,10H2,1-3H3. The Balaban J connectivity index is 1.97. The number of rotatable bonds is 3. The van der Waals surface area contributed by atoms with Crippen LogP contribution in [-0.4, -0.2) is 26.1 Å². The predicted molar refractivity (Wildman–Crippen MR) is 102 cm³/mol. The Morgan fingerprint density at radius 2 is 2.00 bits per heavy atom. The van der Waals surface area contributed by atoms with Crippen molar-refractivity contribution >= 4 is 39.1 Å². The first kappa shape index (κ1) is 18.7. The lowest BCUT2D eigenvalue weighted by Crippen LogP contribution is -2.37. The molecule has 0 saturated heterocycles. The maximum absolute atomic E-state index is 13.7. The number of nitrogens with one attached hydrogen (secondary N) is 1. The molecular weight excluding hydrogens is 375 g/mol. The number of carbonyl (C=O) groups excluding carboxylic acids is 1. The monoisotopic (exact) mass is 394 g/mol. The molecule has 26 heavy (non-hydrogen) atoms. The van der Waals surface area contributed by atoms with Crippen molar-refractivity contribution in [1.82, 2.24) is 0 Å². The average Bonchev–Trinajstić information content (AvgIpc) is 2.56. The SMILES string of the molecule is CC(=O)N1CC(C)Sc2ccc(S(=O)(=O)Nc3ccc(C)c(F)c3)cc21. The van der Waals surface area contributed by atoms with Gasteiger partial charge in [-0.05, 0) is 42.8 Å². The van der Waals surface area contributed by atoms with Crippen LogP contribution in [-0.2, 0) is 14.8 Å². The number of sulfonamides is 1. The van der Waals surface area contributed by atoms with E-state index in [2.05, 4.69) is 4.72 Å². The highest BCUT2D eigenvalue weighted by Gasteiger charge is 2.27. The summed E-state index contributed by atoms with van der Waals surface area (Å²) in [5.41, 5.74) is 1.17. The highest BCUT2D eigenvalue weighted by molar-refractivity contribution is 8.00. The Morgan fingerprint density at radius 1 is 1.27 bits per heavy atom. The number of hydrogen-bond donors (Lipinski definition) is 1. The van der Waals surface area contributed by atoms with Crippen LogP contribution in [0.1, 0.15) is 19.4 Å². The summed E-state index contributed by atoms with van der Waals surface area (Å²) in [6, 6.07) is 8.85. The van der Waals surface area contributed by atoms with E-state index in [0.29, 0.717) is 17.8 Å². The van der Waals surface area contributed by atoms with E-state index in [4.69, 9.17) is 0 Å². The number of carbonyl (C=O) groups is 1. The highest BCUT2D eigenvalue weighted by Crippen LogP contribution is 2.39. The van der Waals surface area contributed by atoms with E-state index < -0.39 is 15.8 Å². The van der Waals surface area contributed by atoms with Crippen molar-refractivity contribution < 1.29 is 17.6 Å². The lowest BCUT2D eigenvalue weighted by Gasteiger charge is -2.32. The molecule has 0 bridgehead atoms. The zero-order valence-corrected chi connectivity index (χ0v) is 16.2. The molecule has 0 spiro atoms.